The van der Waals surface area contributed by atoms with Gasteiger partial charge in [0.25, 0.3) is 0 Å². The first kappa shape index (κ1) is 13.9. The topological polar surface area (TPSA) is 37.8 Å². The van der Waals surface area contributed by atoms with Gasteiger partial charge in [-0.2, -0.15) is 0 Å². The van der Waals surface area contributed by atoms with Crippen molar-refractivity contribution in [2.24, 2.45) is 0 Å². The van der Waals surface area contributed by atoms with Crippen molar-refractivity contribution in [3.8, 4) is 0 Å². The predicted molar refractivity (Wildman–Crippen MR) is 73.7 cm³/mol. The molecule has 100 valence electrons. The second-order valence-electron chi connectivity index (χ2n) is 4.31. The SMILES string of the molecule is CNC(Cc1ccc(Cl)cc1F)c1ccnc(C)n1. The van der Waals surface area contributed by atoms with E-state index in [1.54, 1.807) is 18.3 Å². The van der Waals surface area contributed by atoms with Crippen LogP contribution in [-0.4, -0.2) is 17.0 Å². The largest absolute Gasteiger partial charge is 0.311 e. The molecule has 0 fully saturated rings. The summed E-state index contributed by atoms with van der Waals surface area (Å²) in [5, 5.41) is 3.55. The number of hydrogen-bond acceptors (Lipinski definition) is 3. The monoisotopic (exact) mass is 279 g/mol. The zero-order valence-corrected chi connectivity index (χ0v) is 11.6. The van der Waals surface area contributed by atoms with E-state index in [4.69, 9.17) is 11.6 Å². The molecule has 3 nitrogen and oxygen atoms in total. The molecule has 1 unspecified atom stereocenters. The van der Waals surface area contributed by atoms with E-state index < -0.39 is 0 Å². The Morgan fingerprint density at radius 3 is 2.79 bits per heavy atom. The highest BCUT2D eigenvalue weighted by atomic mass is 35.5. The standard InChI is InChI=1S/C14H15ClFN3/c1-9-18-6-5-13(19-9)14(17-2)7-10-3-4-11(15)8-12(10)16/h3-6,8,14,17H,7H2,1-2H3. The lowest BCUT2D eigenvalue weighted by Crippen LogP contribution is -2.21. The van der Waals surface area contributed by atoms with Gasteiger partial charge in [-0.3, -0.25) is 0 Å². The van der Waals surface area contributed by atoms with Crippen LogP contribution >= 0.6 is 11.6 Å². The summed E-state index contributed by atoms with van der Waals surface area (Å²) in [5.74, 6) is 0.410. The molecule has 0 saturated heterocycles. The quantitative estimate of drug-likeness (QED) is 0.935. The van der Waals surface area contributed by atoms with E-state index in [1.165, 1.54) is 6.07 Å². The zero-order valence-electron chi connectivity index (χ0n) is 10.8. The molecule has 0 aliphatic rings. The molecule has 0 radical (unpaired) electrons. The first-order valence-electron chi connectivity index (χ1n) is 6.01. The van der Waals surface area contributed by atoms with E-state index in [1.807, 2.05) is 20.0 Å². The third-order valence-corrected chi connectivity index (χ3v) is 3.18. The molecule has 19 heavy (non-hydrogen) atoms. The van der Waals surface area contributed by atoms with Crippen molar-refractivity contribution in [1.82, 2.24) is 15.3 Å². The molecular formula is C14H15ClFN3. The Bertz CT molecular complexity index is 574. The molecule has 2 aromatic rings. The number of rotatable bonds is 4. The van der Waals surface area contributed by atoms with Crippen LogP contribution in [0.4, 0.5) is 4.39 Å². The maximum absolute atomic E-state index is 13.8. The maximum Gasteiger partial charge on any atom is 0.127 e. The number of nitrogens with zero attached hydrogens (tertiary/aromatic N) is 2. The molecule has 2 rings (SSSR count). The van der Waals surface area contributed by atoms with Crippen LogP contribution in [0.2, 0.25) is 5.02 Å². The van der Waals surface area contributed by atoms with Crippen molar-refractivity contribution >= 4 is 11.6 Å². The molecule has 1 N–H and O–H groups in total. The Balaban J connectivity index is 2.24. The Labute approximate surface area is 116 Å². The molecule has 0 aliphatic heterocycles. The van der Waals surface area contributed by atoms with Crippen LogP contribution in [0.25, 0.3) is 0 Å². The summed E-state index contributed by atoms with van der Waals surface area (Å²) >= 11 is 5.75. The van der Waals surface area contributed by atoms with Gasteiger partial charge in [-0.25, -0.2) is 14.4 Å². The second kappa shape index (κ2) is 6.08. The number of aromatic nitrogens is 2. The average molecular weight is 280 g/mol. The zero-order chi connectivity index (χ0) is 13.8. The Hall–Kier alpha value is -1.52. The van der Waals surface area contributed by atoms with Gasteiger partial charge in [0, 0.05) is 11.2 Å². The molecule has 0 spiro atoms. The summed E-state index contributed by atoms with van der Waals surface area (Å²) in [5.41, 5.74) is 1.46. The highest BCUT2D eigenvalue weighted by Gasteiger charge is 2.14. The van der Waals surface area contributed by atoms with Crippen molar-refractivity contribution in [3.05, 3.63) is 58.4 Å². The van der Waals surface area contributed by atoms with Crippen LogP contribution in [0, 0.1) is 12.7 Å². The Morgan fingerprint density at radius 2 is 2.16 bits per heavy atom. The lowest BCUT2D eigenvalue weighted by atomic mass is 10.0. The minimum Gasteiger partial charge on any atom is -0.311 e. The third kappa shape index (κ3) is 3.49. The smallest absolute Gasteiger partial charge is 0.127 e. The van der Waals surface area contributed by atoms with Gasteiger partial charge in [0.1, 0.15) is 11.6 Å². The van der Waals surface area contributed by atoms with Crippen molar-refractivity contribution in [3.63, 3.8) is 0 Å². The van der Waals surface area contributed by atoms with Gasteiger partial charge >= 0.3 is 0 Å². The first-order chi connectivity index (χ1) is 9.10. The molecule has 1 atom stereocenters. The van der Waals surface area contributed by atoms with Crippen molar-refractivity contribution in [2.45, 2.75) is 19.4 Å². The van der Waals surface area contributed by atoms with Gasteiger partial charge < -0.3 is 5.32 Å². The van der Waals surface area contributed by atoms with Gasteiger partial charge in [0.05, 0.1) is 11.7 Å². The van der Waals surface area contributed by atoms with E-state index in [9.17, 15) is 4.39 Å². The Kier molecular flexibility index (Phi) is 4.45. The highest BCUT2D eigenvalue weighted by molar-refractivity contribution is 6.30. The summed E-state index contributed by atoms with van der Waals surface area (Å²) in [7, 11) is 1.83. The van der Waals surface area contributed by atoms with Gasteiger partial charge in [0.2, 0.25) is 0 Å². The van der Waals surface area contributed by atoms with Gasteiger partial charge in [-0.1, -0.05) is 17.7 Å². The van der Waals surface area contributed by atoms with Crippen LogP contribution < -0.4 is 5.32 Å². The first-order valence-corrected chi connectivity index (χ1v) is 6.38. The summed E-state index contributed by atoms with van der Waals surface area (Å²) < 4.78 is 13.8. The van der Waals surface area contributed by atoms with Crippen molar-refractivity contribution in [1.29, 1.82) is 0 Å². The fourth-order valence-corrected chi connectivity index (χ4v) is 2.09. The number of nitrogens with one attached hydrogen (secondary N) is 1. The lowest BCUT2D eigenvalue weighted by Gasteiger charge is -2.16. The summed E-state index contributed by atoms with van der Waals surface area (Å²) in [6.07, 6.45) is 2.22. The molecule has 0 saturated carbocycles. The normalized spacial score (nSPS) is 12.4. The number of benzene rings is 1. The molecule has 1 aromatic heterocycles. The van der Waals surface area contributed by atoms with E-state index >= 15 is 0 Å². The highest BCUT2D eigenvalue weighted by Crippen LogP contribution is 2.21. The van der Waals surface area contributed by atoms with Crippen LogP contribution in [0.1, 0.15) is 23.1 Å². The van der Waals surface area contributed by atoms with Gasteiger partial charge in [0.15, 0.2) is 0 Å². The molecular weight excluding hydrogens is 265 g/mol. The van der Waals surface area contributed by atoms with Crippen LogP contribution in [0.3, 0.4) is 0 Å². The molecule has 0 bridgehead atoms. The minimum absolute atomic E-state index is 0.0580. The summed E-state index contributed by atoms with van der Waals surface area (Å²) in [4.78, 5) is 8.43. The van der Waals surface area contributed by atoms with E-state index in [0.717, 1.165) is 5.69 Å². The van der Waals surface area contributed by atoms with E-state index in [2.05, 4.69) is 15.3 Å². The number of hydrogen-bond donors (Lipinski definition) is 1. The predicted octanol–water partition coefficient (Wildman–Crippen LogP) is 3.08. The fourth-order valence-electron chi connectivity index (χ4n) is 1.93. The number of likely N-dealkylation sites (N-methyl/N-ethyl adjacent to an activating group) is 1. The maximum atomic E-state index is 13.8. The molecule has 0 aliphatic carbocycles. The molecule has 0 amide bonds. The molecule has 1 aromatic carbocycles. The third-order valence-electron chi connectivity index (χ3n) is 2.94. The van der Waals surface area contributed by atoms with Gasteiger partial charge in [-0.15, -0.1) is 0 Å². The van der Waals surface area contributed by atoms with Crippen LogP contribution in [0.5, 0.6) is 0 Å². The minimum atomic E-state index is -0.293. The summed E-state index contributed by atoms with van der Waals surface area (Å²) in [6, 6.07) is 6.50. The lowest BCUT2D eigenvalue weighted by molar-refractivity contribution is 0.543. The average Bonchev–Trinajstić information content (AvgIpc) is 2.38. The van der Waals surface area contributed by atoms with E-state index in [-0.39, 0.29) is 11.9 Å². The van der Waals surface area contributed by atoms with E-state index in [0.29, 0.717) is 22.8 Å². The fraction of sp³-hybridized carbons (Fsp3) is 0.286. The Morgan fingerprint density at radius 1 is 1.37 bits per heavy atom. The van der Waals surface area contributed by atoms with Crippen LogP contribution in [0.15, 0.2) is 30.5 Å². The van der Waals surface area contributed by atoms with Crippen molar-refractivity contribution in [2.75, 3.05) is 7.05 Å². The second-order valence-corrected chi connectivity index (χ2v) is 4.75. The van der Waals surface area contributed by atoms with Gasteiger partial charge in [-0.05, 0) is 44.2 Å². The van der Waals surface area contributed by atoms with Crippen molar-refractivity contribution < 1.29 is 4.39 Å². The molecule has 1 heterocycles. The summed E-state index contributed by atoms with van der Waals surface area (Å²) in [6.45, 7) is 1.83. The number of halogens is 2. The van der Waals surface area contributed by atoms with Crippen LogP contribution in [-0.2, 0) is 6.42 Å². The number of aryl methyl sites for hydroxylation is 1. The molecule has 5 heteroatoms.